The number of nitrogens with one attached hydrogen (secondary N) is 2. The van der Waals surface area contributed by atoms with Crippen LogP contribution in [0.25, 0.3) is 0 Å². The third-order valence-electron chi connectivity index (χ3n) is 4.21. The molecule has 0 radical (unpaired) electrons. The number of amides is 2. The summed E-state index contributed by atoms with van der Waals surface area (Å²) < 4.78 is 24.6. The van der Waals surface area contributed by atoms with Crippen molar-refractivity contribution in [2.75, 3.05) is 13.2 Å². The van der Waals surface area contributed by atoms with Crippen LogP contribution in [0.15, 0.2) is 41.0 Å². The lowest BCUT2D eigenvalue weighted by Gasteiger charge is -2.23. The number of rotatable bonds is 4. The fraction of sp³-hybridized carbons (Fsp3) is 0.389. The number of halogens is 1. The van der Waals surface area contributed by atoms with E-state index in [1.165, 1.54) is 12.3 Å². The summed E-state index contributed by atoms with van der Waals surface area (Å²) in [5.41, 5.74) is -0.706. The average molecular weight is 348 g/mol. The summed E-state index contributed by atoms with van der Waals surface area (Å²) in [6.07, 6.45) is 2.79. The lowest BCUT2D eigenvalue weighted by atomic mass is 10.0. The van der Waals surface area contributed by atoms with E-state index in [-0.39, 0.29) is 18.3 Å². The Hall–Kier alpha value is -2.54. The zero-order valence-electron chi connectivity index (χ0n) is 13.9. The second-order valence-corrected chi connectivity index (χ2v) is 6.28. The van der Waals surface area contributed by atoms with E-state index in [1.807, 2.05) is 0 Å². The summed E-state index contributed by atoms with van der Waals surface area (Å²) in [5.74, 6) is 0.114. The van der Waals surface area contributed by atoms with Crippen molar-refractivity contribution in [1.82, 2.24) is 10.6 Å². The first-order valence-corrected chi connectivity index (χ1v) is 8.19. The summed E-state index contributed by atoms with van der Waals surface area (Å²) in [6.45, 7) is 1.93. The van der Waals surface area contributed by atoms with E-state index in [0.29, 0.717) is 30.8 Å². The van der Waals surface area contributed by atoms with Crippen molar-refractivity contribution in [3.8, 4) is 5.75 Å². The summed E-state index contributed by atoms with van der Waals surface area (Å²) in [6, 6.07) is 7.17. The molecule has 1 aromatic carbocycles. The van der Waals surface area contributed by atoms with Crippen molar-refractivity contribution < 1.29 is 23.4 Å². The minimum atomic E-state index is -1.32. The molecule has 2 amide bonds. The van der Waals surface area contributed by atoms with Gasteiger partial charge in [0, 0.05) is 5.56 Å². The minimum absolute atomic E-state index is 0.0222. The molecule has 25 heavy (non-hydrogen) atoms. The van der Waals surface area contributed by atoms with E-state index in [2.05, 4.69) is 10.6 Å². The van der Waals surface area contributed by atoms with Gasteiger partial charge in [-0.15, -0.1) is 0 Å². The van der Waals surface area contributed by atoms with Gasteiger partial charge in [-0.3, -0.25) is 0 Å². The number of aliphatic hydroxyl groups is 1. The van der Waals surface area contributed by atoms with Crippen LogP contribution in [0.2, 0.25) is 0 Å². The van der Waals surface area contributed by atoms with E-state index >= 15 is 0 Å². The van der Waals surface area contributed by atoms with E-state index in [4.69, 9.17) is 9.15 Å². The largest absolute Gasteiger partial charge is 0.490 e. The molecular weight excluding hydrogens is 327 g/mol. The average Bonchev–Trinajstić information content (AvgIpc) is 3.05. The second-order valence-electron chi connectivity index (χ2n) is 6.28. The Morgan fingerprint density at radius 2 is 2.24 bits per heavy atom. The maximum absolute atomic E-state index is 13.9. The second kappa shape index (κ2) is 7.14. The molecule has 0 saturated heterocycles. The molecular formula is C18H21FN2O4. The zero-order valence-corrected chi connectivity index (χ0v) is 13.9. The van der Waals surface area contributed by atoms with Gasteiger partial charge in [0.2, 0.25) is 0 Å². The minimum Gasteiger partial charge on any atom is -0.490 e. The molecule has 7 heteroatoms. The van der Waals surface area contributed by atoms with Crippen LogP contribution in [-0.4, -0.2) is 24.3 Å². The van der Waals surface area contributed by atoms with Crippen LogP contribution < -0.4 is 15.4 Å². The Labute approximate surface area is 145 Å². The highest BCUT2D eigenvalue weighted by atomic mass is 19.1. The van der Waals surface area contributed by atoms with Gasteiger partial charge in [-0.25, -0.2) is 9.18 Å². The standard InChI is InChI=1S/C18H21FN2O4/c1-18(23,15-8-4-9-24-15)11-20-17(22)21-14-7-3-10-25-16-12(14)5-2-6-13(16)19/h2,4-6,8-9,14,23H,3,7,10-11H2,1H3,(H2,20,21,22). The predicted octanol–water partition coefficient (Wildman–Crippen LogP) is 2.84. The molecule has 0 bridgehead atoms. The summed E-state index contributed by atoms with van der Waals surface area (Å²) >= 11 is 0. The fourth-order valence-electron chi connectivity index (χ4n) is 2.85. The third kappa shape index (κ3) is 3.93. The first kappa shape index (κ1) is 17.3. The lowest BCUT2D eigenvalue weighted by molar-refractivity contribution is 0.0366. The van der Waals surface area contributed by atoms with Crippen LogP contribution in [-0.2, 0) is 5.60 Å². The van der Waals surface area contributed by atoms with Crippen LogP contribution in [0, 0.1) is 5.82 Å². The SMILES string of the molecule is CC(O)(CNC(=O)NC1CCCOc2c(F)cccc21)c1ccco1. The van der Waals surface area contributed by atoms with E-state index in [1.54, 1.807) is 31.2 Å². The smallest absolute Gasteiger partial charge is 0.315 e. The molecule has 6 nitrogen and oxygen atoms in total. The Bertz CT molecular complexity index is 731. The highest BCUT2D eigenvalue weighted by Crippen LogP contribution is 2.33. The molecule has 0 spiro atoms. The summed E-state index contributed by atoms with van der Waals surface area (Å²) in [5, 5.41) is 15.8. The Morgan fingerprint density at radius 1 is 1.40 bits per heavy atom. The van der Waals surface area contributed by atoms with E-state index in [9.17, 15) is 14.3 Å². The van der Waals surface area contributed by atoms with Gasteiger partial charge in [0.25, 0.3) is 0 Å². The highest BCUT2D eigenvalue weighted by molar-refractivity contribution is 5.74. The molecule has 0 fully saturated rings. The predicted molar refractivity (Wildman–Crippen MR) is 88.7 cm³/mol. The van der Waals surface area contributed by atoms with Crippen molar-refractivity contribution in [1.29, 1.82) is 0 Å². The number of carbonyl (C=O) groups is 1. The number of para-hydroxylation sites is 1. The van der Waals surface area contributed by atoms with Gasteiger partial charge in [0.05, 0.1) is 25.5 Å². The molecule has 0 saturated carbocycles. The van der Waals surface area contributed by atoms with Gasteiger partial charge in [-0.2, -0.15) is 0 Å². The van der Waals surface area contributed by atoms with Gasteiger partial charge in [0.15, 0.2) is 11.6 Å². The topological polar surface area (TPSA) is 83.7 Å². The van der Waals surface area contributed by atoms with Crippen molar-refractivity contribution in [2.45, 2.75) is 31.4 Å². The molecule has 0 aliphatic carbocycles. The normalized spacial score (nSPS) is 19.1. The summed E-state index contributed by atoms with van der Waals surface area (Å²) in [7, 11) is 0. The molecule has 134 valence electrons. The van der Waals surface area contributed by atoms with Crippen molar-refractivity contribution in [3.05, 3.63) is 53.7 Å². The zero-order chi connectivity index (χ0) is 17.9. The van der Waals surface area contributed by atoms with Gasteiger partial charge in [-0.1, -0.05) is 12.1 Å². The number of fused-ring (bicyclic) bond motifs is 1. The van der Waals surface area contributed by atoms with Crippen molar-refractivity contribution >= 4 is 6.03 Å². The quantitative estimate of drug-likeness (QED) is 0.793. The Kier molecular flexibility index (Phi) is 4.94. The molecule has 3 N–H and O–H groups in total. The number of hydrogen-bond donors (Lipinski definition) is 3. The molecule has 2 aromatic rings. The van der Waals surface area contributed by atoms with Gasteiger partial charge < -0.3 is 24.9 Å². The fourth-order valence-corrected chi connectivity index (χ4v) is 2.85. The van der Waals surface area contributed by atoms with Crippen molar-refractivity contribution in [2.24, 2.45) is 0 Å². The van der Waals surface area contributed by atoms with Gasteiger partial charge in [-0.05, 0) is 38.0 Å². The van der Waals surface area contributed by atoms with Crippen LogP contribution in [0.3, 0.4) is 0 Å². The molecule has 1 aliphatic heterocycles. The maximum atomic E-state index is 13.9. The lowest BCUT2D eigenvalue weighted by Crippen LogP contribution is -2.44. The summed E-state index contributed by atoms with van der Waals surface area (Å²) in [4.78, 5) is 12.2. The van der Waals surface area contributed by atoms with Crippen LogP contribution >= 0.6 is 0 Å². The van der Waals surface area contributed by atoms with Crippen LogP contribution in [0.4, 0.5) is 9.18 Å². The molecule has 3 rings (SSSR count). The number of ether oxygens (including phenoxy) is 1. The molecule has 2 heterocycles. The van der Waals surface area contributed by atoms with Gasteiger partial charge >= 0.3 is 6.03 Å². The Morgan fingerprint density at radius 3 is 3.00 bits per heavy atom. The van der Waals surface area contributed by atoms with Crippen LogP contribution in [0.5, 0.6) is 5.75 Å². The molecule has 1 aromatic heterocycles. The third-order valence-corrected chi connectivity index (χ3v) is 4.21. The highest BCUT2D eigenvalue weighted by Gasteiger charge is 2.28. The van der Waals surface area contributed by atoms with E-state index in [0.717, 1.165) is 0 Å². The number of hydrogen-bond acceptors (Lipinski definition) is 4. The first-order valence-electron chi connectivity index (χ1n) is 8.19. The molecule has 2 unspecified atom stereocenters. The van der Waals surface area contributed by atoms with Crippen molar-refractivity contribution in [3.63, 3.8) is 0 Å². The number of benzene rings is 1. The molecule has 1 aliphatic rings. The van der Waals surface area contributed by atoms with E-state index < -0.39 is 17.4 Å². The Balaban J connectivity index is 1.64. The number of carbonyl (C=O) groups excluding carboxylic acids is 1. The number of furan rings is 1. The molecule has 2 atom stereocenters. The van der Waals surface area contributed by atoms with Gasteiger partial charge in [0.1, 0.15) is 11.4 Å². The number of urea groups is 1. The monoisotopic (exact) mass is 348 g/mol. The first-order chi connectivity index (χ1) is 12.0. The van der Waals surface area contributed by atoms with Crippen LogP contribution in [0.1, 0.15) is 37.1 Å². The maximum Gasteiger partial charge on any atom is 0.315 e.